The molecule has 0 spiro atoms. The molecule has 1 saturated heterocycles. The lowest BCUT2D eigenvalue weighted by atomic mass is 9.97. The molecule has 180 valence electrons. The van der Waals surface area contributed by atoms with Gasteiger partial charge in [0.15, 0.2) is 6.17 Å². The lowest BCUT2D eigenvalue weighted by Crippen LogP contribution is -2.52. The number of benzene rings is 2. The molecule has 0 radical (unpaired) electrons. The fourth-order valence-electron chi connectivity index (χ4n) is 4.82. The number of likely N-dealkylation sites (tertiary alicyclic amines) is 1. The molecule has 1 fully saturated rings. The van der Waals surface area contributed by atoms with Crippen LogP contribution in [-0.4, -0.2) is 40.9 Å². The van der Waals surface area contributed by atoms with Gasteiger partial charge < -0.3 is 16.0 Å². The number of nitrogens with zero attached hydrogens (tertiary/aromatic N) is 2. The van der Waals surface area contributed by atoms with Gasteiger partial charge in [-0.25, -0.2) is 0 Å². The summed E-state index contributed by atoms with van der Waals surface area (Å²) in [6.45, 7) is 9.48. The van der Waals surface area contributed by atoms with Crippen molar-refractivity contribution in [3.05, 3.63) is 82.6 Å². The lowest BCUT2D eigenvalue weighted by molar-refractivity contribution is -0.124. The Hall–Kier alpha value is -2.96. The normalized spacial score (nSPS) is 16.9. The van der Waals surface area contributed by atoms with Crippen molar-refractivity contribution >= 4 is 11.8 Å². The molecule has 6 nitrogen and oxygen atoms in total. The lowest BCUT2D eigenvalue weighted by Gasteiger charge is -2.26. The van der Waals surface area contributed by atoms with Crippen molar-refractivity contribution in [1.29, 1.82) is 0 Å². The van der Waals surface area contributed by atoms with Crippen LogP contribution in [0.4, 0.5) is 0 Å². The maximum atomic E-state index is 13.0. The fraction of sp³-hybridized carbons (Fsp3) is 0.429. The molecular weight excluding hydrogens is 424 g/mol. The number of rotatable bonds is 9. The van der Waals surface area contributed by atoms with E-state index in [1.807, 2.05) is 19.1 Å². The van der Waals surface area contributed by atoms with Crippen molar-refractivity contribution in [2.24, 2.45) is 5.73 Å². The highest BCUT2D eigenvalue weighted by Gasteiger charge is 2.35. The average molecular weight is 461 g/mol. The Morgan fingerprint density at radius 1 is 1.06 bits per heavy atom. The van der Waals surface area contributed by atoms with E-state index in [1.165, 1.54) is 48.4 Å². The predicted molar refractivity (Wildman–Crippen MR) is 135 cm³/mol. The van der Waals surface area contributed by atoms with E-state index in [-0.39, 0.29) is 5.91 Å². The van der Waals surface area contributed by atoms with Crippen LogP contribution >= 0.6 is 0 Å². The Balaban J connectivity index is 1.38. The number of aryl methyl sites for hydroxylation is 2. The third-order valence-corrected chi connectivity index (χ3v) is 6.98. The molecular formula is C28H36N4O2. The highest BCUT2D eigenvalue weighted by Crippen LogP contribution is 2.28. The first-order valence-electron chi connectivity index (χ1n) is 12.4. The van der Waals surface area contributed by atoms with E-state index < -0.39 is 12.1 Å². The molecule has 1 atom stereocenters. The van der Waals surface area contributed by atoms with E-state index in [9.17, 15) is 9.59 Å². The van der Waals surface area contributed by atoms with Gasteiger partial charge in [0.1, 0.15) is 0 Å². The quantitative estimate of drug-likeness (QED) is 0.598. The number of nitrogens with two attached hydrogens (primary N) is 1. The Kier molecular flexibility index (Phi) is 7.80. The van der Waals surface area contributed by atoms with E-state index in [0.29, 0.717) is 24.2 Å². The van der Waals surface area contributed by atoms with E-state index in [0.717, 1.165) is 30.5 Å². The minimum absolute atomic E-state index is 0.191. The van der Waals surface area contributed by atoms with Crippen molar-refractivity contribution in [3.8, 4) is 0 Å². The second kappa shape index (κ2) is 11.0. The molecule has 2 aliphatic heterocycles. The molecule has 0 aromatic heterocycles. The SMILES string of the molecule is C=C(CC)NC(=O)[C@@H](N)N1Cc2c(CCc3ccc(CN4CCCCC4)cc3)cccc2C1=O. The van der Waals surface area contributed by atoms with E-state index in [1.54, 1.807) is 0 Å². The first-order valence-corrected chi connectivity index (χ1v) is 12.4. The van der Waals surface area contributed by atoms with Gasteiger partial charge in [-0.3, -0.25) is 14.5 Å². The summed E-state index contributed by atoms with van der Waals surface area (Å²) in [6.07, 6.45) is 5.29. The third-order valence-electron chi connectivity index (χ3n) is 6.98. The van der Waals surface area contributed by atoms with Gasteiger partial charge in [-0.2, -0.15) is 0 Å². The van der Waals surface area contributed by atoms with E-state index >= 15 is 0 Å². The zero-order chi connectivity index (χ0) is 24.1. The smallest absolute Gasteiger partial charge is 0.261 e. The Morgan fingerprint density at radius 3 is 2.47 bits per heavy atom. The minimum atomic E-state index is -1.04. The summed E-state index contributed by atoms with van der Waals surface area (Å²) in [5.74, 6) is -0.595. The Morgan fingerprint density at radius 2 is 1.76 bits per heavy atom. The summed E-state index contributed by atoms with van der Waals surface area (Å²) >= 11 is 0. The van der Waals surface area contributed by atoms with Gasteiger partial charge in [-0.05, 0) is 73.5 Å². The van der Waals surface area contributed by atoms with Crippen LogP contribution in [0.2, 0.25) is 0 Å². The molecule has 2 aromatic carbocycles. The summed E-state index contributed by atoms with van der Waals surface area (Å²) < 4.78 is 0. The van der Waals surface area contributed by atoms with Crippen molar-refractivity contribution in [1.82, 2.24) is 15.1 Å². The van der Waals surface area contributed by atoms with Gasteiger partial charge in [0.25, 0.3) is 11.8 Å². The maximum absolute atomic E-state index is 13.0. The van der Waals surface area contributed by atoms with Crippen molar-refractivity contribution in [2.75, 3.05) is 13.1 Å². The zero-order valence-electron chi connectivity index (χ0n) is 20.2. The Bertz CT molecular complexity index is 1040. The van der Waals surface area contributed by atoms with Crippen molar-refractivity contribution in [2.45, 2.75) is 64.7 Å². The number of piperidine rings is 1. The molecule has 2 aliphatic rings. The molecule has 0 bridgehead atoms. The van der Waals surface area contributed by atoms with Crippen LogP contribution < -0.4 is 11.1 Å². The predicted octanol–water partition coefficient (Wildman–Crippen LogP) is 3.74. The number of hydrogen-bond acceptors (Lipinski definition) is 4. The summed E-state index contributed by atoms with van der Waals surface area (Å²) in [5, 5.41) is 2.69. The largest absolute Gasteiger partial charge is 0.327 e. The number of amides is 2. The van der Waals surface area contributed by atoms with E-state index in [4.69, 9.17) is 5.73 Å². The van der Waals surface area contributed by atoms with Gasteiger partial charge in [0.2, 0.25) is 0 Å². The number of fused-ring (bicyclic) bond motifs is 1. The summed E-state index contributed by atoms with van der Waals surface area (Å²) in [7, 11) is 0. The highest BCUT2D eigenvalue weighted by atomic mass is 16.2. The summed E-state index contributed by atoms with van der Waals surface area (Å²) in [4.78, 5) is 29.4. The molecule has 6 heteroatoms. The van der Waals surface area contributed by atoms with Crippen LogP contribution in [0.1, 0.15) is 65.2 Å². The first kappa shape index (κ1) is 24.2. The molecule has 2 heterocycles. The van der Waals surface area contributed by atoms with Gasteiger partial charge >= 0.3 is 0 Å². The topological polar surface area (TPSA) is 78.7 Å². The number of carbonyl (C=O) groups excluding carboxylic acids is 2. The number of allylic oxidation sites excluding steroid dienone is 1. The molecule has 0 saturated carbocycles. The van der Waals surface area contributed by atoms with Gasteiger partial charge in [-0.1, -0.05) is 56.3 Å². The van der Waals surface area contributed by atoms with Gasteiger partial charge in [-0.15, -0.1) is 0 Å². The second-order valence-electron chi connectivity index (χ2n) is 9.42. The van der Waals surface area contributed by atoms with Gasteiger partial charge in [0, 0.05) is 24.4 Å². The van der Waals surface area contributed by atoms with Crippen LogP contribution in [0.15, 0.2) is 54.7 Å². The highest BCUT2D eigenvalue weighted by molar-refractivity contribution is 6.01. The van der Waals surface area contributed by atoms with E-state index in [2.05, 4.69) is 47.1 Å². The average Bonchev–Trinajstić information content (AvgIpc) is 3.20. The molecule has 0 aliphatic carbocycles. The first-order chi connectivity index (χ1) is 16.5. The summed E-state index contributed by atoms with van der Waals surface area (Å²) in [5.41, 5.74) is 12.1. The number of nitrogens with one attached hydrogen (secondary N) is 1. The van der Waals surface area contributed by atoms with Crippen LogP contribution in [0.3, 0.4) is 0 Å². The molecule has 3 N–H and O–H groups in total. The third kappa shape index (κ3) is 5.57. The van der Waals surface area contributed by atoms with Crippen LogP contribution in [0.25, 0.3) is 0 Å². The molecule has 0 unspecified atom stereocenters. The second-order valence-corrected chi connectivity index (χ2v) is 9.42. The minimum Gasteiger partial charge on any atom is -0.327 e. The van der Waals surface area contributed by atoms with Gasteiger partial charge in [0.05, 0.1) is 0 Å². The monoisotopic (exact) mass is 460 g/mol. The summed E-state index contributed by atoms with van der Waals surface area (Å²) in [6, 6.07) is 14.7. The molecule has 2 aromatic rings. The number of hydrogen-bond donors (Lipinski definition) is 2. The number of carbonyl (C=O) groups is 2. The zero-order valence-corrected chi connectivity index (χ0v) is 20.2. The van der Waals surface area contributed by atoms with Crippen molar-refractivity contribution < 1.29 is 9.59 Å². The van der Waals surface area contributed by atoms with Crippen LogP contribution in [0, 0.1) is 0 Å². The standard InChI is InChI=1S/C28H36N4O2/c1-3-20(2)30-27(33)26(29)32-19-25-23(8-7-9-24(25)28(32)34)15-14-21-10-12-22(13-11-21)18-31-16-5-4-6-17-31/h7-13,26H,2-6,14-19,29H2,1H3,(H,30,33)/t26-/m0/s1. The molecule has 4 rings (SSSR count). The van der Waals surface area contributed by atoms with Crippen LogP contribution in [0.5, 0.6) is 0 Å². The van der Waals surface area contributed by atoms with Crippen molar-refractivity contribution in [3.63, 3.8) is 0 Å². The fourth-order valence-corrected chi connectivity index (χ4v) is 4.82. The molecule has 2 amide bonds. The molecule has 34 heavy (non-hydrogen) atoms. The Labute approximate surface area is 202 Å². The maximum Gasteiger partial charge on any atom is 0.261 e. The van der Waals surface area contributed by atoms with Crippen LogP contribution in [-0.2, 0) is 30.7 Å².